The molecule has 4 N–H and O–H groups in total. The van der Waals surface area contributed by atoms with E-state index in [1.165, 1.54) is 12.2 Å². The van der Waals surface area contributed by atoms with Crippen molar-refractivity contribution >= 4 is 18.0 Å². The maximum atomic E-state index is 13.4. The van der Waals surface area contributed by atoms with Gasteiger partial charge in [0.2, 0.25) is 0 Å². The minimum absolute atomic E-state index is 0.0194. The number of fused-ring (bicyclic) bond motifs is 5. The monoisotopic (exact) mass is 622 g/mol. The highest BCUT2D eigenvalue weighted by atomic mass is 16.6. The first-order chi connectivity index (χ1) is 21.0. The molecule has 0 aromatic heterocycles. The van der Waals surface area contributed by atoms with Crippen molar-refractivity contribution in [1.29, 1.82) is 0 Å². The van der Waals surface area contributed by atoms with E-state index in [1.807, 2.05) is 57.2 Å². The molecule has 0 saturated heterocycles. The summed E-state index contributed by atoms with van der Waals surface area (Å²) in [5, 5.41) is 48.6. The number of hydrogen-bond acceptors (Lipinski definition) is 8. The Morgan fingerprint density at radius 2 is 1.69 bits per heavy atom. The third-order valence-corrected chi connectivity index (χ3v) is 12.3. The average Bonchev–Trinajstić information content (AvgIpc) is 3.22. The second kappa shape index (κ2) is 11.8. The van der Waals surface area contributed by atoms with Crippen molar-refractivity contribution in [2.24, 2.45) is 22.7 Å². The lowest BCUT2D eigenvalue weighted by atomic mass is 9.42. The molecule has 3 saturated carbocycles. The van der Waals surface area contributed by atoms with E-state index in [0.717, 1.165) is 16.7 Å². The zero-order valence-corrected chi connectivity index (χ0v) is 27.5. The summed E-state index contributed by atoms with van der Waals surface area (Å²) in [7, 11) is 0. The second-order valence-electron chi connectivity index (χ2n) is 14.7. The van der Waals surface area contributed by atoms with Gasteiger partial charge >= 0.3 is 11.9 Å². The van der Waals surface area contributed by atoms with Crippen LogP contribution in [-0.4, -0.2) is 67.5 Å². The van der Waals surface area contributed by atoms with Gasteiger partial charge in [0.1, 0.15) is 29.0 Å². The van der Waals surface area contributed by atoms with Gasteiger partial charge in [0.25, 0.3) is 0 Å². The number of allylic oxidation sites excluding steroid dienone is 1. The number of carbonyl (C=O) groups excluding carboxylic acids is 2. The van der Waals surface area contributed by atoms with Crippen molar-refractivity contribution in [3.63, 3.8) is 0 Å². The van der Waals surface area contributed by atoms with Gasteiger partial charge in [-0.1, -0.05) is 75.2 Å². The quantitative estimate of drug-likeness (QED) is 0.189. The minimum Gasteiger partial charge on any atom is -0.458 e. The third-order valence-electron chi connectivity index (χ3n) is 12.3. The van der Waals surface area contributed by atoms with Crippen LogP contribution in [0.2, 0.25) is 0 Å². The molecule has 0 spiro atoms. The molecule has 4 aliphatic carbocycles. The molecule has 1 aromatic carbocycles. The topological polar surface area (TPSA) is 134 Å². The number of hydrogen-bond donors (Lipinski definition) is 4. The lowest BCUT2D eigenvalue weighted by Gasteiger charge is -2.67. The van der Waals surface area contributed by atoms with E-state index >= 15 is 0 Å². The van der Waals surface area contributed by atoms with Gasteiger partial charge in [-0.2, -0.15) is 0 Å². The van der Waals surface area contributed by atoms with Gasteiger partial charge in [-0.15, -0.1) is 0 Å². The third kappa shape index (κ3) is 5.22. The van der Waals surface area contributed by atoms with Gasteiger partial charge in [0, 0.05) is 18.1 Å². The number of aliphatic hydroxyl groups excluding tert-OH is 1. The molecule has 8 nitrogen and oxygen atoms in total. The molecule has 0 amide bonds. The first kappa shape index (κ1) is 33.6. The highest BCUT2D eigenvalue weighted by Crippen LogP contribution is 2.71. The molecule has 0 unspecified atom stereocenters. The molecule has 0 heterocycles. The van der Waals surface area contributed by atoms with Gasteiger partial charge in [-0.3, -0.25) is 0 Å². The van der Waals surface area contributed by atoms with Crippen LogP contribution in [0.25, 0.3) is 6.08 Å². The van der Waals surface area contributed by atoms with Crippen LogP contribution in [0.4, 0.5) is 0 Å². The summed E-state index contributed by atoms with van der Waals surface area (Å²) in [6.45, 7) is 11.1. The SMILES string of the molecule is C/C(=C\C(=O)O[C@@H](C)[C@]1(O)CC[C@@]2(O)[C@]1(C)[C@H](OC(=O)/C=C/c1ccccc1)C[C@@H]1[C@@]3(C)CC[C@H](O)CC3=CC[C@]12O)C(C)C. The fourth-order valence-corrected chi connectivity index (χ4v) is 9.06. The van der Waals surface area contributed by atoms with Gasteiger partial charge in [0.05, 0.1) is 11.5 Å². The van der Waals surface area contributed by atoms with Crippen LogP contribution in [0.1, 0.15) is 92.1 Å². The van der Waals surface area contributed by atoms with Gasteiger partial charge < -0.3 is 29.9 Å². The number of benzene rings is 1. The molecular weight excluding hydrogens is 572 g/mol. The molecule has 1 aromatic rings. The van der Waals surface area contributed by atoms with E-state index in [1.54, 1.807) is 19.9 Å². The van der Waals surface area contributed by atoms with Crippen LogP contribution in [-0.2, 0) is 19.1 Å². The Balaban J connectivity index is 1.56. The lowest BCUT2D eigenvalue weighted by Crippen LogP contribution is -2.78. The standard InChI is InChI=1S/C37H50O8/c1-23(2)24(3)20-32(40)44-25(4)35(41)18-19-37(43)34(35,6)30(45-31(39)13-12-26-10-8-7-9-11-26)22-29-33(5)16-15-28(38)21-27(33)14-17-36(29,37)42/h7-14,20,23,25,28-30,38,41-43H,15-19,21-22H2,1-6H3/b13-12+,24-20+/t25-,28-,29+,30+,33-,34+,35+,36-,37+/m0/s1. The van der Waals surface area contributed by atoms with Crippen molar-refractivity contribution in [3.05, 3.63) is 65.3 Å². The van der Waals surface area contributed by atoms with E-state index in [2.05, 4.69) is 6.92 Å². The van der Waals surface area contributed by atoms with Gasteiger partial charge in [-0.05, 0) is 81.8 Å². The molecule has 9 atom stereocenters. The number of aliphatic hydroxyl groups is 4. The van der Waals surface area contributed by atoms with Crippen molar-refractivity contribution < 1.29 is 39.5 Å². The van der Waals surface area contributed by atoms with Crippen LogP contribution in [0, 0.1) is 22.7 Å². The minimum atomic E-state index is -1.89. The molecule has 4 aliphatic rings. The van der Waals surface area contributed by atoms with Crippen molar-refractivity contribution in [3.8, 4) is 0 Å². The zero-order valence-electron chi connectivity index (χ0n) is 27.5. The van der Waals surface area contributed by atoms with E-state index < -0.39 is 63.8 Å². The van der Waals surface area contributed by atoms with E-state index in [9.17, 15) is 30.0 Å². The van der Waals surface area contributed by atoms with Crippen LogP contribution >= 0.6 is 0 Å². The Labute approximate surface area is 266 Å². The summed E-state index contributed by atoms with van der Waals surface area (Å²) in [6, 6.07) is 9.33. The maximum Gasteiger partial charge on any atom is 0.331 e. The zero-order chi connectivity index (χ0) is 33.0. The van der Waals surface area contributed by atoms with Gasteiger partial charge in [0.15, 0.2) is 0 Å². The average molecular weight is 623 g/mol. The molecule has 3 fully saturated rings. The highest BCUT2D eigenvalue weighted by molar-refractivity contribution is 5.87. The fourth-order valence-electron chi connectivity index (χ4n) is 9.06. The smallest absolute Gasteiger partial charge is 0.331 e. The molecule has 0 aliphatic heterocycles. The van der Waals surface area contributed by atoms with Crippen LogP contribution in [0.3, 0.4) is 0 Å². The van der Waals surface area contributed by atoms with Gasteiger partial charge in [-0.25, -0.2) is 9.59 Å². The van der Waals surface area contributed by atoms with Crippen LogP contribution in [0.15, 0.2) is 59.7 Å². The van der Waals surface area contributed by atoms with E-state index in [0.29, 0.717) is 19.3 Å². The van der Waals surface area contributed by atoms with E-state index in [-0.39, 0.29) is 31.6 Å². The summed E-state index contributed by atoms with van der Waals surface area (Å²) in [4.78, 5) is 26.4. The number of rotatable bonds is 7. The fraction of sp³-hybridized carbons (Fsp3) is 0.622. The van der Waals surface area contributed by atoms with Crippen molar-refractivity contribution in [1.82, 2.24) is 0 Å². The second-order valence-corrected chi connectivity index (χ2v) is 14.7. The summed E-state index contributed by atoms with van der Waals surface area (Å²) >= 11 is 0. The Hall–Kier alpha value is -2.78. The Morgan fingerprint density at radius 3 is 2.36 bits per heavy atom. The van der Waals surface area contributed by atoms with Crippen molar-refractivity contribution in [2.45, 2.75) is 122 Å². The number of ether oxygens (including phenoxy) is 2. The van der Waals surface area contributed by atoms with E-state index in [4.69, 9.17) is 9.47 Å². The normalized spacial score (nSPS) is 40.3. The summed E-state index contributed by atoms with van der Waals surface area (Å²) in [5.41, 5.74) is -4.85. The Morgan fingerprint density at radius 1 is 1.00 bits per heavy atom. The first-order valence-corrected chi connectivity index (χ1v) is 16.4. The Bertz CT molecular complexity index is 1400. The molecule has 45 heavy (non-hydrogen) atoms. The number of carbonyl (C=O) groups is 2. The predicted molar refractivity (Wildman–Crippen MR) is 170 cm³/mol. The summed E-state index contributed by atoms with van der Waals surface area (Å²) in [6.07, 6.45) is 5.78. The molecular formula is C37H50O8. The number of esters is 2. The molecule has 5 rings (SSSR count). The maximum absolute atomic E-state index is 13.4. The lowest BCUT2D eigenvalue weighted by molar-refractivity contribution is -0.326. The predicted octanol–water partition coefficient (Wildman–Crippen LogP) is 5.04. The molecule has 8 heteroatoms. The molecule has 0 radical (unpaired) electrons. The van der Waals surface area contributed by atoms with Crippen molar-refractivity contribution in [2.75, 3.05) is 0 Å². The molecule has 0 bridgehead atoms. The first-order valence-electron chi connectivity index (χ1n) is 16.4. The molecule has 246 valence electrons. The van der Waals surface area contributed by atoms with Crippen LogP contribution in [0.5, 0.6) is 0 Å². The van der Waals surface area contributed by atoms with Crippen LogP contribution < -0.4 is 0 Å². The highest BCUT2D eigenvalue weighted by Gasteiger charge is 2.81. The Kier molecular flexibility index (Phi) is 8.79. The summed E-state index contributed by atoms with van der Waals surface area (Å²) in [5.74, 6) is -1.62. The largest absolute Gasteiger partial charge is 0.458 e. The summed E-state index contributed by atoms with van der Waals surface area (Å²) < 4.78 is 12.0.